The molecule has 0 aliphatic heterocycles. The lowest BCUT2D eigenvalue weighted by molar-refractivity contribution is 0.241. The Bertz CT molecular complexity index is 606. The third kappa shape index (κ3) is 2.50. The fourth-order valence-electron chi connectivity index (χ4n) is 2.74. The van der Waals surface area contributed by atoms with Crippen LogP contribution in [0.5, 0.6) is 0 Å². The normalized spacial score (nSPS) is 15.2. The Kier molecular flexibility index (Phi) is 3.38. The van der Waals surface area contributed by atoms with Gasteiger partial charge in [-0.15, -0.1) is 0 Å². The molecule has 20 heavy (non-hydrogen) atoms. The Morgan fingerprint density at radius 3 is 2.55 bits per heavy atom. The molecular weight excluding hydrogens is 250 g/mol. The third-order valence-electron chi connectivity index (χ3n) is 4.37. The summed E-state index contributed by atoms with van der Waals surface area (Å²) in [5, 5.41) is 4.53. The molecule has 0 amide bonds. The van der Waals surface area contributed by atoms with E-state index in [0.717, 1.165) is 24.5 Å². The second-order valence-corrected chi connectivity index (χ2v) is 5.88. The van der Waals surface area contributed by atoms with E-state index in [4.69, 9.17) is 0 Å². The van der Waals surface area contributed by atoms with Crippen molar-refractivity contribution in [2.75, 3.05) is 0 Å². The van der Waals surface area contributed by atoms with Crippen molar-refractivity contribution < 1.29 is 0 Å². The van der Waals surface area contributed by atoms with Gasteiger partial charge < -0.3 is 4.98 Å². The first kappa shape index (κ1) is 13.4. The highest BCUT2D eigenvalue weighted by Gasteiger charge is 2.30. The number of aryl methyl sites for hydroxylation is 3. The standard InChI is InChI=1S/C15H23N5/c1-10-14(12(3)19(4)18-10)7-20(13-5-6-13)8-15-11(2)16-9-17-15/h9,13H,5-8H2,1-4H3,(H,16,17). The molecule has 1 aliphatic rings. The molecule has 1 aliphatic carbocycles. The molecule has 1 saturated carbocycles. The molecule has 0 aromatic carbocycles. The zero-order valence-electron chi connectivity index (χ0n) is 12.8. The number of aromatic amines is 1. The third-order valence-corrected chi connectivity index (χ3v) is 4.37. The SMILES string of the molecule is Cc1nn(C)c(C)c1CN(Cc1nc[nH]c1C)C1CC1. The lowest BCUT2D eigenvalue weighted by atomic mass is 10.1. The average Bonchev–Trinajstić information content (AvgIpc) is 3.13. The van der Waals surface area contributed by atoms with E-state index in [-0.39, 0.29) is 0 Å². The van der Waals surface area contributed by atoms with Gasteiger partial charge in [0.1, 0.15) is 0 Å². The summed E-state index contributed by atoms with van der Waals surface area (Å²) in [7, 11) is 2.02. The van der Waals surface area contributed by atoms with Crippen molar-refractivity contribution in [3.63, 3.8) is 0 Å². The number of hydrogen-bond donors (Lipinski definition) is 1. The quantitative estimate of drug-likeness (QED) is 0.909. The Morgan fingerprint density at radius 1 is 1.30 bits per heavy atom. The van der Waals surface area contributed by atoms with Crippen LogP contribution in [0.1, 0.15) is 41.2 Å². The highest BCUT2D eigenvalue weighted by Crippen LogP contribution is 2.31. The molecule has 108 valence electrons. The summed E-state index contributed by atoms with van der Waals surface area (Å²) in [6.45, 7) is 8.25. The summed E-state index contributed by atoms with van der Waals surface area (Å²) in [6.07, 6.45) is 4.40. The number of rotatable bonds is 5. The van der Waals surface area contributed by atoms with Gasteiger partial charge in [-0.3, -0.25) is 9.58 Å². The maximum Gasteiger partial charge on any atom is 0.0925 e. The van der Waals surface area contributed by atoms with Crippen LogP contribution in [0.2, 0.25) is 0 Å². The minimum Gasteiger partial charge on any atom is -0.348 e. The summed E-state index contributed by atoms with van der Waals surface area (Å²) in [6, 6.07) is 0.713. The van der Waals surface area contributed by atoms with E-state index >= 15 is 0 Å². The van der Waals surface area contributed by atoms with E-state index in [0.29, 0.717) is 6.04 Å². The van der Waals surface area contributed by atoms with Gasteiger partial charge in [0.25, 0.3) is 0 Å². The first-order valence-electron chi connectivity index (χ1n) is 7.28. The molecule has 0 saturated heterocycles. The fourth-order valence-corrected chi connectivity index (χ4v) is 2.74. The summed E-state index contributed by atoms with van der Waals surface area (Å²) in [5.74, 6) is 0. The number of nitrogens with zero attached hydrogens (tertiary/aromatic N) is 4. The molecular formula is C15H23N5. The van der Waals surface area contributed by atoms with Gasteiger partial charge in [-0.25, -0.2) is 4.98 Å². The van der Waals surface area contributed by atoms with Gasteiger partial charge in [0, 0.05) is 43.1 Å². The van der Waals surface area contributed by atoms with Gasteiger partial charge in [-0.2, -0.15) is 5.10 Å². The highest BCUT2D eigenvalue weighted by molar-refractivity contribution is 5.24. The highest BCUT2D eigenvalue weighted by atomic mass is 15.3. The summed E-state index contributed by atoms with van der Waals surface area (Å²) < 4.78 is 1.98. The van der Waals surface area contributed by atoms with E-state index < -0.39 is 0 Å². The number of aromatic nitrogens is 4. The number of imidazole rings is 1. The fraction of sp³-hybridized carbons (Fsp3) is 0.600. The topological polar surface area (TPSA) is 49.7 Å². The minimum atomic E-state index is 0.713. The van der Waals surface area contributed by atoms with Crippen LogP contribution in [-0.4, -0.2) is 30.7 Å². The Balaban J connectivity index is 1.80. The lowest BCUT2D eigenvalue weighted by Gasteiger charge is -2.21. The van der Waals surface area contributed by atoms with E-state index in [1.165, 1.54) is 29.8 Å². The number of hydrogen-bond acceptors (Lipinski definition) is 3. The van der Waals surface area contributed by atoms with Crippen LogP contribution in [0.15, 0.2) is 6.33 Å². The van der Waals surface area contributed by atoms with Gasteiger partial charge in [0.05, 0.1) is 17.7 Å². The Morgan fingerprint density at radius 2 is 2.05 bits per heavy atom. The van der Waals surface area contributed by atoms with Crippen molar-refractivity contribution in [2.24, 2.45) is 7.05 Å². The zero-order chi connectivity index (χ0) is 14.3. The molecule has 2 aromatic heterocycles. The van der Waals surface area contributed by atoms with E-state index in [1.54, 1.807) is 6.33 Å². The molecule has 0 unspecified atom stereocenters. The molecule has 3 rings (SSSR count). The van der Waals surface area contributed by atoms with Gasteiger partial charge in [-0.05, 0) is 33.6 Å². The Hall–Kier alpha value is -1.62. The van der Waals surface area contributed by atoms with Gasteiger partial charge >= 0.3 is 0 Å². The second kappa shape index (κ2) is 5.05. The van der Waals surface area contributed by atoms with Gasteiger partial charge in [0.2, 0.25) is 0 Å². The van der Waals surface area contributed by atoms with E-state index in [2.05, 4.69) is 40.7 Å². The first-order valence-corrected chi connectivity index (χ1v) is 7.28. The summed E-state index contributed by atoms with van der Waals surface area (Å²) in [5.41, 5.74) is 6.13. The molecule has 5 heteroatoms. The summed E-state index contributed by atoms with van der Waals surface area (Å²) >= 11 is 0. The van der Waals surface area contributed by atoms with Crippen molar-refractivity contribution in [3.05, 3.63) is 34.7 Å². The van der Waals surface area contributed by atoms with Crippen LogP contribution in [0.4, 0.5) is 0 Å². The smallest absolute Gasteiger partial charge is 0.0925 e. The van der Waals surface area contributed by atoms with Crippen molar-refractivity contribution in [3.8, 4) is 0 Å². The monoisotopic (exact) mass is 273 g/mol. The predicted octanol–water partition coefficient (Wildman–Crippen LogP) is 2.23. The zero-order valence-corrected chi connectivity index (χ0v) is 12.8. The largest absolute Gasteiger partial charge is 0.348 e. The van der Waals surface area contributed by atoms with Crippen LogP contribution < -0.4 is 0 Å². The molecule has 2 aromatic rings. The molecule has 1 N–H and O–H groups in total. The van der Waals surface area contributed by atoms with E-state index in [9.17, 15) is 0 Å². The molecule has 0 spiro atoms. The van der Waals surface area contributed by atoms with Gasteiger partial charge in [0.15, 0.2) is 0 Å². The first-order chi connectivity index (χ1) is 9.56. The Labute approximate surface area is 120 Å². The van der Waals surface area contributed by atoms with Crippen LogP contribution >= 0.6 is 0 Å². The molecule has 0 atom stereocenters. The average molecular weight is 273 g/mol. The van der Waals surface area contributed by atoms with Crippen LogP contribution in [0, 0.1) is 20.8 Å². The number of H-pyrrole nitrogens is 1. The van der Waals surface area contributed by atoms with Crippen LogP contribution in [-0.2, 0) is 20.1 Å². The van der Waals surface area contributed by atoms with E-state index in [1.807, 2.05) is 11.7 Å². The molecule has 0 bridgehead atoms. The van der Waals surface area contributed by atoms with Crippen LogP contribution in [0.25, 0.3) is 0 Å². The van der Waals surface area contributed by atoms with Crippen molar-refractivity contribution in [2.45, 2.75) is 52.7 Å². The van der Waals surface area contributed by atoms with Crippen molar-refractivity contribution >= 4 is 0 Å². The second-order valence-electron chi connectivity index (χ2n) is 5.88. The van der Waals surface area contributed by atoms with Crippen molar-refractivity contribution in [1.29, 1.82) is 0 Å². The maximum absolute atomic E-state index is 4.53. The number of nitrogens with one attached hydrogen (secondary N) is 1. The maximum atomic E-state index is 4.53. The molecule has 2 heterocycles. The molecule has 0 radical (unpaired) electrons. The lowest BCUT2D eigenvalue weighted by Crippen LogP contribution is -2.26. The van der Waals surface area contributed by atoms with Crippen molar-refractivity contribution in [1.82, 2.24) is 24.6 Å². The van der Waals surface area contributed by atoms with Crippen LogP contribution in [0.3, 0.4) is 0 Å². The molecule has 5 nitrogen and oxygen atoms in total. The minimum absolute atomic E-state index is 0.713. The summed E-state index contributed by atoms with van der Waals surface area (Å²) in [4.78, 5) is 10.2. The van der Waals surface area contributed by atoms with Gasteiger partial charge in [-0.1, -0.05) is 0 Å². The predicted molar refractivity (Wildman–Crippen MR) is 78.3 cm³/mol. The molecule has 1 fully saturated rings.